The van der Waals surface area contributed by atoms with E-state index in [0.29, 0.717) is 35.5 Å². The second-order valence-electron chi connectivity index (χ2n) is 7.47. The van der Waals surface area contributed by atoms with Crippen LogP contribution in [0.25, 0.3) is 11.1 Å². The quantitative estimate of drug-likeness (QED) is 0.604. The molecule has 2 heterocycles. The molecule has 1 N–H and O–H groups in total. The van der Waals surface area contributed by atoms with Crippen LogP contribution in [0.5, 0.6) is 17.2 Å². The van der Waals surface area contributed by atoms with Crippen molar-refractivity contribution >= 4 is 17.6 Å². The van der Waals surface area contributed by atoms with E-state index in [9.17, 15) is 4.79 Å². The zero-order chi connectivity index (χ0) is 20.7. The summed E-state index contributed by atoms with van der Waals surface area (Å²) in [7, 11) is 0. The Morgan fingerprint density at radius 1 is 0.967 bits per heavy atom. The SMILES string of the molecule is O=C(O)C[C@@H]1COc2cc3c(cc21)OC[C@@H](c1cccc(-c2ccccc2Cl)c1)O3. The molecule has 2 atom stereocenters. The lowest BCUT2D eigenvalue weighted by molar-refractivity contribution is -0.137. The number of hydrogen-bond donors (Lipinski definition) is 1. The summed E-state index contributed by atoms with van der Waals surface area (Å²) in [6.07, 6.45) is -0.237. The smallest absolute Gasteiger partial charge is 0.304 e. The van der Waals surface area contributed by atoms with Gasteiger partial charge in [0.05, 0.1) is 13.0 Å². The maximum atomic E-state index is 11.1. The maximum absolute atomic E-state index is 11.1. The molecule has 0 aromatic heterocycles. The molecule has 3 aromatic carbocycles. The van der Waals surface area contributed by atoms with E-state index in [1.807, 2.05) is 48.5 Å². The van der Waals surface area contributed by atoms with Gasteiger partial charge in [-0.3, -0.25) is 4.79 Å². The molecule has 0 saturated carbocycles. The summed E-state index contributed by atoms with van der Waals surface area (Å²) in [4.78, 5) is 11.1. The molecular weight excluding hydrogens is 404 g/mol. The molecule has 0 unspecified atom stereocenters. The van der Waals surface area contributed by atoms with Gasteiger partial charge in [-0.1, -0.05) is 48.0 Å². The second-order valence-corrected chi connectivity index (χ2v) is 7.87. The van der Waals surface area contributed by atoms with Crippen molar-refractivity contribution in [1.29, 1.82) is 0 Å². The highest BCUT2D eigenvalue weighted by Crippen LogP contribution is 2.46. The van der Waals surface area contributed by atoms with Crippen LogP contribution >= 0.6 is 11.6 Å². The molecule has 0 spiro atoms. The van der Waals surface area contributed by atoms with E-state index in [2.05, 4.69) is 6.07 Å². The third kappa shape index (κ3) is 3.46. The molecule has 152 valence electrons. The van der Waals surface area contributed by atoms with Crippen LogP contribution in [-0.4, -0.2) is 24.3 Å². The highest BCUT2D eigenvalue weighted by molar-refractivity contribution is 6.33. The molecule has 2 aliphatic rings. The fourth-order valence-corrected chi connectivity index (χ4v) is 4.23. The van der Waals surface area contributed by atoms with Crippen molar-refractivity contribution in [2.24, 2.45) is 0 Å². The minimum Gasteiger partial charge on any atom is -0.492 e. The number of hydrogen-bond acceptors (Lipinski definition) is 4. The molecule has 5 nitrogen and oxygen atoms in total. The first-order chi connectivity index (χ1) is 14.6. The largest absolute Gasteiger partial charge is 0.492 e. The van der Waals surface area contributed by atoms with Crippen LogP contribution in [0.4, 0.5) is 0 Å². The molecule has 0 radical (unpaired) electrons. The molecule has 0 fully saturated rings. The summed E-state index contributed by atoms with van der Waals surface area (Å²) < 4.78 is 17.9. The normalized spacial score (nSPS) is 19.1. The molecule has 0 amide bonds. The highest BCUT2D eigenvalue weighted by atomic mass is 35.5. The minimum absolute atomic E-state index is 0.0319. The molecule has 0 saturated heterocycles. The van der Waals surface area contributed by atoms with Gasteiger partial charge in [0, 0.05) is 28.1 Å². The van der Waals surface area contributed by atoms with Gasteiger partial charge < -0.3 is 19.3 Å². The fraction of sp³-hybridized carbons (Fsp3) is 0.208. The minimum atomic E-state index is -0.843. The van der Waals surface area contributed by atoms with Crippen LogP contribution in [0, 0.1) is 0 Å². The van der Waals surface area contributed by atoms with Crippen molar-refractivity contribution in [1.82, 2.24) is 0 Å². The van der Waals surface area contributed by atoms with Gasteiger partial charge in [-0.05, 0) is 29.3 Å². The molecule has 0 bridgehead atoms. The fourth-order valence-electron chi connectivity index (χ4n) is 3.98. The summed E-state index contributed by atoms with van der Waals surface area (Å²) in [6, 6.07) is 19.5. The Bertz CT molecular complexity index is 1130. The van der Waals surface area contributed by atoms with Crippen LogP contribution in [0.3, 0.4) is 0 Å². The van der Waals surface area contributed by atoms with Gasteiger partial charge in [0.1, 0.15) is 12.4 Å². The summed E-state index contributed by atoms with van der Waals surface area (Å²) in [6.45, 7) is 0.718. The average Bonchev–Trinajstić information content (AvgIpc) is 3.13. The summed E-state index contributed by atoms with van der Waals surface area (Å²) in [5.41, 5.74) is 3.83. The number of ether oxygens (including phenoxy) is 3. The lowest BCUT2D eigenvalue weighted by Crippen LogP contribution is -2.21. The Hall–Kier alpha value is -3.18. The Balaban J connectivity index is 1.41. The lowest BCUT2D eigenvalue weighted by atomic mass is 9.97. The maximum Gasteiger partial charge on any atom is 0.304 e. The van der Waals surface area contributed by atoms with Crippen molar-refractivity contribution in [2.45, 2.75) is 18.4 Å². The monoisotopic (exact) mass is 422 g/mol. The van der Waals surface area contributed by atoms with Crippen LogP contribution in [0.15, 0.2) is 60.7 Å². The van der Waals surface area contributed by atoms with Gasteiger partial charge in [0.25, 0.3) is 0 Å². The Labute approximate surface area is 178 Å². The molecular formula is C24H19ClO5. The third-order valence-electron chi connectivity index (χ3n) is 5.48. The predicted molar refractivity (Wildman–Crippen MR) is 113 cm³/mol. The van der Waals surface area contributed by atoms with Gasteiger partial charge >= 0.3 is 5.97 Å². The standard InChI is InChI=1S/C24H19ClO5/c25-19-7-2-1-6-17(19)14-4-3-5-15(8-14)23-13-29-21-10-18-16(9-24(26)27)12-28-20(18)11-22(21)30-23/h1-8,10-11,16,23H,9,12-13H2,(H,26,27)/t16-,23+/m1/s1. The number of benzene rings is 3. The third-order valence-corrected chi connectivity index (χ3v) is 5.81. The van der Waals surface area contributed by atoms with Crippen LogP contribution in [0.1, 0.15) is 29.6 Å². The van der Waals surface area contributed by atoms with Gasteiger partial charge in [-0.2, -0.15) is 0 Å². The number of carbonyl (C=O) groups is 1. The van der Waals surface area contributed by atoms with Crippen molar-refractivity contribution in [2.75, 3.05) is 13.2 Å². The highest BCUT2D eigenvalue weighted by Gasteiger charge is 2.31. The second kappa shape index (κ2) is 7.58. The van der Waals surface area contributed by atoms with E-state index in [1.165, 1.54) is 0 Å². The first kappa shape index (κ1) is 18.8. The summed E-state index contributed by atoms with van der Waals surface area (Å²) in [5, 5.41) is 9.80. The van der Waals surface area contributed by atoms with Crippen molar-refractivity contribution in [3.05, 3.63) is 76.8 Å². The molecule has 3 aromatic rings. The zero-order valence-electron chi connectivity index (χ0n) is 16.0. The topological polar surface area (TPSA) is 65.0 Å². The first-order valence-corrected chi connectivity index (χ1v) is 10.1. The van der Waals surface area contributed by atoms with Crippen molar-refractivity contribution in [3.63, 3.8) is 0 Å². The number of fused-ring (bicyclic) bond motifs is 2. The summed E-state index contributed by atoms with van der Waals surface area (Å²) in [5.74, 6) is 0.868. The van der Waals surface area contributed by atoms with E-state index >= 15 is 0 Å². The van der Waals surface area contributed by atoms with E-state index in [-0.39, 0.29) is 18.4 Å². The molecule has 30 heavy (non-hydrogen) atoms. The van der Waals surface area contributed by atoms with E-state index in [4.69, 9.17) is 30.9 Å². The lowest BCUT2D eigenvalue weighted by Gasteiger charge is -2.27. The predicted octanol–water partition coefficient (Wildman–Crippen LogP) is 5.47. The molecule has 2 aliphatic heterocycles. The molecule has 5 rings (SSSR count). The van der Waals surface area contributed by atoms with Gasteiger partial charge in [-0.25, -0.2) is 0 Å². The van der Waals surface area contributed by atoms with E-state index in [1.54, 1.807) is 6.07 Å². The van der Waals surface area contributed by atoms with Gasteiger partial charge in [0.15, 0.2) is 17.6 Å². The number of rotatable bonds is 4. The van der Waals surface area contributed by atoms with Crippen molar-refractivity contribution < 1.29 is 24.1 Å². The Morgan fingerprint density at radius 2 is 1.80 bits per heavy atom. The van der Waals surface area contributed by atoms with Crippen LogP contribution in [0.2, 0.25) is 5.02 Å². The van der Waals surface area contributed by atoms with Crippen LogP contribution in [-0.2, 0) is 4.79 Å². The summed E-state index contributed by atoms with van der Waals surface area (Å²) >= 11 is 6.35. The first-order valence-electron chi connectivity index (χ1n) is 9.75. The number of aliphatic carboxylic acids is 1. The Morgan fingerprint density at radius 3 is 2.63 bits per heavy atom. The van der Waals surface area contributed by atoms with Crippen molar-refractivity contribution in [3.8, 4) is 28.4 Å². The van der Waals surface area contributed by atoms with Gasteiger partial charge in [0.2, 0.25) is 0 Å². The van der Waals surface area contributed by atoms with E-state index in [0.717, 1.165) is 22.3 Å². The molecule has 0 aliphatic carbocycles. The number of carboxylic acid groups (broad SMARTS) is 1. The molecule has 6 heteroatoms. The average molecular weight is 423 g/mol. The number of halogens is 1. The Kier molecular flexibility index (Phi) is 4.75. The van der Waals surface area contributed by atoms with Crippen LogP contribution < -0.4 is 14.2 Å². The van der Waals surface area contributed by atoms with Gasteiger partial charge in [-0.15, -0.1) is 0 Å². The number of carboxylic acids is 1. The van der Waals surface area contributed by atoms with E-state index < -0.39 is 5.97 Å². The zero-order valence-corrected chi connectivity index (χ0v) is 16.8.